The van der Waals surface area contributed by atoms with Crippen LogP contribution in [0.25, 0.3) is 0 Å². The van der Waals surface area contributed by atoms with E-state index in [4.69, 9.17) is 21.1 Å². The van der Waals surface area contributed by atoms with E-state index in [2.05, 4.69) is 10.6 Å². The molecule has 0 bridgehead atoms. The molecule has 6 nitrogen and oxygen atoms in total. The molecule has 168 valence electrons. The highest BCUT2D eigenvalue weighted by molar-refractivity contribution is 7.98. The molecule has 0 aliphatic heterocycles. The second-order valence-corrected chi connectivity index (χ2v) is 8.25. The maximum Gasteiger partial charge on any atom is 0.253 e. The van der Waals surface area contributed by atoms with Gasteiger partial charge in [0.2, 0.25) is 5.91 Å². The first-order valence-corrected chi connectivity index (χ1v) is 11.8. The molecule has 2 atom stereocenters. The Hall–Kier alpha value is -2.38. The van der Waals surface area contributed by atoms with Gasteiger partial charge in [-0.25, -0.2) is 0 Å². The summed E-state index contributed by atoms with van der Waals surface area (Å²) in [6.45, 7) is 4.32. The maximum absolute atomic E-state index is 13.0. The quantitative estimate of drug-likeness (QED) is 0.513. The summed E-state index contributed by atoms with van der Waals surface area (Å²) in [5, 5.41) is 6.15. The van der Waals surface area contributed by atoms with Gasteiger partial charge in [-0.3, -0.25) is 9.59 Å². The zero-order chi connectivity index (χ0) is 22.8. The van der Waals surface area contributed by atoms with Gasteiger partial charge in [0, 0.05) is 0 Å². The first kappa shape index (κ1) is 24.9. The molecule has 2 amide bonds. The molecule has 0 saturated heterocycles. The van der Waals surface area contributed by atoms with Crippen molar-refractivity contribution in [2.24, 2.45) is 0 Å². The Balaban J connectivity index is 2.12. The highest BCUT2D eigenvalue weighted by atomic mass is 35.5. The first-order valence-electron chi connectivity index (χ1n) is 10.1. The zero-order valence-electron chi connectivity index (χ0n) is 18.2. The molecule has 31 heavy (non-hydrogen) atoms. The van der Waals surface area contributed by atoms with Crippen molar-refractivity contribution < 1.29 is 19.1 Å². The van der Waals surface area contributed by atoms with Crippen LogP contribution in [0.15, 0.2) is 42.5 Å². The van der Waals surface area contributed by atoms with E-state index in [0.717, 1.165) is 11.3 Å². The van der Waals surface area contributed by atoms with Gasteiger partial charge in [0.25, 0.3) is 5.91 Å². The smallest absolute Gasteiger partial charge is 0.253 e. The Morgan fingerprint density at radius 2 is 1.87 bits per heavy atom. The number of carbonyl (C=O) groups excluding carboxylic acids is 2. The average molecular weight is 465 g/mol. The average Bonchev–Trinajstić information content (AvgIpc) is 2.77. The van der Waals surface area contributed by atoms with Gasteiger partial charge < -0.3 is 20.1 Å². The second kappa shape index (κ2) is 12.5. The fourth-order valence-electron chi connectivity index (χ4n) is 3.01. The second-order valence-electron chi connectivity index (χ2n) is 6.86. The lowest BCUT2D eigenvalue weighted by atomic mass is 10.1. The van der Waals surface area contributed by atoms with Gasteiger partial charge in [0.1, 0.15) is 6.04 Å². The number of amides is 2. The Labute approximate surface area is 193 Å². The number of methoxy groups -OCH3 is 1. The minimum atomic E-state index is -0.678. The van der Waals surface area contributed by atoms with Crippen LogP contribution in [-0.4, -0.2) is 43.6 Å². The third-order valence-corrected chi connectivity index (χ3v) is 5.67. The van der Waals surface area contributed by atoms with Gasteiger partial charge in [-0.05, 0) is 62.1 Å². The predicted molar refractivity (Wildman–Crippen MR) is 126 cm³/mol. The summed E-state index contributed by atoms with van der Waals surface area (Å²) in [6.07, 6.45) is 2.46. The van der Waals surface area contributed by atoms with Crippen LogP contribution in [0, 0.1) is 0 Å². The number of carbonyl (C=O) groups is 2. The van der Waals surface area contributed by atoms with Crippen LogP contribution in [0.4, 0.5) is 0 Å². The number of hydrogen-bond donors (Lipinski definition) is 2. The van der Waals surface area contributed by atoms with Crippen LogP contribution < -0.4 is 20.1 Å². The number of ether oxygens (including phenoxy) is 2. The van der Waals surface area contributed by atoms with Crippen LogP contribution in [0.5, 0.6) is 11.5 Å². The van der Waals surface area contributed by atoms with E-state index in [9.17, 15) is 9.59 Å². The van der Waals surface area contributed by atoms with Crippen molar-refractivity contribution >= 4 is 35.2 Å². The number of halogens is 1. The zero-order valence-corrected chi connectivity index (χ0v) is 19.8. The Morgan fingerprint density at radius 3 is 2.52 bits per heavy atom. The number of benzene rings is 2. The lowest BCUT2D eigenvalue weighted by Crippen LogP contribution is -2.47. The van der Waals surface area contributed by atoms with Gasteiger partial charge in [0.05, 0.1) is 30.3 Å². The van der Waals surface area contributed by atoms with E-state index in [1.807, 2.05) is 38.3 Å². The van der Waals surface area contributed by atoms with Crippen molar-refractivity contribution in [2.45, 2.75) is 32.4 Å². The summed E-state index contributed by atoms with van der Waals surface area (Å²) in [7, 11) is 1.58. The summed E-state index contributed by atoms with van der Waals surface area (Å²) in [5.74, 6) is 1.35. The molecule has 0 fully saturated rings. The summed E-state index contributed by atoms with van der Waals surface area (Å²) in [4.78, 5) is 25.7. The number of thioether (sulfide) groups is 1. The van der Waals surface area contributed by atoms with E-state index < -0.39 is 6.04 Å². The van der Waals surface area contributed by atoms with Crippen LogP contribution in [-0.2, 0) is 4.79 Å². The van der Waals surface area contributed by atoms with Gasteiger partial charge >= 0.3 is 0 Å². The highest BCUT2D eigenvalue weighted by Crippen LogP contribution is 2.30. The van der Waals surface area contributed by atoms with E-state index in [1.165, 1.54) is 0 Å². The SMILES string of the molecule is CCOc1ccc(C(C)NC(=O)C(CCSC)NC(=O)c2ccccc2Cl)cc1OC. The lowest BCUT2D eigenvalue weighted by molar-refractivity contribution is -0.123. The minimum absolute atomic E-state index is 0.255. The van der Waals surface area contributed by atoms with E-state index in [1.54, 1.807) is 43.1 Å². The standard InChI is InChI=1S/C23H29ClN2O4S/c1-5-30-20-11-10-16(14-21(20)29-3)15(2)25-23(28)19(12-13-31-4)26-22(27)17-8-6-7-9-18(17)24/h6-11,14-15,19H,5,12-13H2,1-4H3,(H,25,28)(H,26,27). The van der Waals surface area contributed by atoms with Crippen molar-refractivity contribution in [2.75, 3.05) is 25.7 Å². The highest BCUT2D eigenvalue weighted by Gasteiger charge is 2.24. The molecule has 0 aromatic heterocycles. The van der Waals surface area contributed by atoms with Gasteiger partial charge in [-0.15, -0.1) is 0 Å². The third kappa shape index (κ3) is 7.08. The fraction of sp³-hybridized carbons (Fsp3) is 0.391. The normalized spacial score (nSPS) is 12.5. The molecule has 0 aliphatic carbocycles. The van der Waals surface area contributed by atoms with E-state index >= 15 is 0 Å². The predicted octanol–water partition coefficient (Wildman–Crippen LogP) is 4.48. The molecule has 0 spiro atoms. The molecular weight excluding hydrogens is 436 g/mol. The largest absolute Gasteiger partial charge is 0.493 e. The molecule has 2 aromatic carbocycles. The van der Waals surface area contributed by atoms with Crippen LogP contribution in [0.2, 0.25) is 5.02 Å². The van der Waals surface area contributed by atoms with Gasteiger partial charge in [0.15, 0.2) is 11.5 Å². The lowest BCUT2D eigenvalue weighted by Gasteiger charge is -2.22. The molecule has 2 unspecified atom stereocenters. The topological polar surface area (TPSA) is 76.7 Å². The Kier molecular flexibility index (Phi) is 10.0. The van der Waals surface area contributed by atoms with Crippen molar-refractivity contribution in [1.82, 2.24) is 10.6 Å². The third-order valence-electron chi connectivity index (χ3n) is 4.70. The molecule has 2 rings (SSSR count). The maximum atomic E-state index is 13.0. The summed E-state index contributed by atoms with van der Waals surface area (Å²) < 4.78 is 10.9. The van der Waals surface area contributed by atoms with Crippen molar-refractivity contribution in [1.29, 1.82) is 0 Å². The van der Waals surface area contributed by atoms with E-state index in [-0.39, 0.29) is 17.9 Å². The Bertz CT molecular complexity index is 894. The van der Waals surface area contributed by atoms with Crippen LogP contribution in [0.1, 0.15) is 42.2 Å². The summed E-state index contributed by atoms with van der Waals surface area (Å²) in [5.41, 5.74) is 1.21. The van der Waals surface area contributed by atoms with Gasteiger partial charge in [-0.2, -0.15) is 11.8 Å². The van der Waals surface area contributed by atoms with Crippen molar-refractivity contribution in [3.63, 3.8) is 0 Å². The number of nitrogens with one attached hydrogen (secondary N) is 2. The molecule has 0 heterocycles. The van der Waals surface area contributed by atoms with Crippen LogP contribution in [0.3, 0.4) is 0 Å². The monoisotopic (exact) mass is 464 g/mol. The Morgan fingerprint density at radius 1 is 1.13 bits per heavy atom. The van der Waals surface area contributed by atoms with E-state index in [0.29, 0.717) is 35.1 Å². The fourth-order valence-corrected chi connectivity index (χ4v) is 3.70. The summed E-state index contributed by atoms with van der Waals surface area (Å²) >= 11 is 7.74. The molecule has 2 aromatic rings. The van der Waals surface area contributed by atoms with Crippen LogP contribution >= 0.6 is 23.4 Å². The molecule has 2 N–H and O–H groups in total. The number of hydrogen-bond acceptors (Lipinski definition) is 5. The van der Waals surface area contributed by atoms with Crippen molar-refractivity contribution in [3.8, 4) is 11.5 Å². The molecule has 0 saturated carbocycles. The first-order chi connectivity index (χ1) is 14.9. The molecule has 0 aliphatic rings. The summed E-state index contributed by atoms with van der Waals surface area (Å²) in [6, 6.07) is 11.4. The van der Waals surface area contributed by atoms with Gasteiger partial charge in [-0.1, -0.05) is 29.8 Å². The number of rotatable bonds is 11. The minimum Gasteiger partial charge on any atom is -0.493 e. The molecular formula is C23H29ClN2O4S. The molecule has 8 heteroatoms. The van der Waals surface area contributed by atoms with Crippen molar-refractivity contribution in [3.05, 3.63) is 58.6 Å². The molecule has 0 radical (unpaired) electrons.